The fraction of sp³-hybridized carbons (Fsp3) is 0.632. The largest absolute Gasteiger partial charge is 0.353 e. The van der Waals surface area contributed by atoms with Crippen LogP contribution in [0.25, 0.3) is 0 Å². The van der Waals surface area contributed by atoms with Crippen molar-refractivity contribution in [2.24, 2.45) is 5.92 Å². The van der Waals surface area contributed by atoms with Gasteiger partial charge in [-0.2, -0.15) is 0 Å². The maximum Gasteiger partial charge on any atom is 0.220 e. The average Bonchev–Trinajstić information content (AvgIpc) is 3.12. The van der Waals surface area contributed by atoms with Crippen LogP contribution in [0.15, 0.2) is 18.2 Å². The topological polar surface area (TPSA) is 44.4 Å². The zero-order valence-corrected chi connectivity index (χ0v) is 16.1. The number of benzene rings is 1. The van der Waals surface area contributed by atoms with Crippen LogP contribution in [-0.2, 0) is 11.3 Å². The summed E-state index contributed by atoms with van der Waals surface area (Å²) in [6.45, 7) is 5.05. The number of carbonyl (C=O) groups is 1. The van der Waals surface area contributed by atoms with Gasteiger partial charge in [0, 0.05) is 32.1 Å². The molecule has 0 aliphatic carbocycles. The predicted octanol–water partition coefficient (Wildman–Crippen LogP) is 3.46. The smallest absolute Gasteiger partial charge is 0.220 e. The lowest BCUT2D eigenvalue weighted by Crippen LogP contribution is -2.44. The number of amides is 1. The quantitative estimate of drug-likeness (QED) is 0.790. The summed E-state index contributed by atoms with van der Waals surface area (Å²) in [6, 6.07) is 6.14. The van der Waals surface area contributed by atoms with Gasteiger partial charge in [-0.05, 0) is 62.4 Å². The van der Waals surface area contributed by atoms with Crippen molar-refractivity contribution in [1.29, 1.82) is 0 Å². The molecular formula is C19H27Cl2N3O. The van der Waals surface area contributed by atoms with Gasteiger partial charge < -0.3 is 10.6 Å². The highest BCUT2D eigenvalue weighted by atomic mass is 35.5. The lowest BCUT2D eigenvalue weighted by atomic mass is 10.0. The molecule has 0 aromatic heterocycles. The van der Waals surface area contributed by atoms with Gasteiger partial charge in [-0.25, -0.2) is 0 Å². The number of nitrogens with one attached hydrogen (secondary N) is 2. The highest BCUT2D eigenvalue weighted by molar-refractivity contribution is 6.42. The van der Waals surface area contributed by atoms with Crippen LogP contribution in [0, 0.1) is 5.92 Å². The van der Waals surface area contributed by atoms with Gasteiger partial charge in [0.25, 0.3) is 0 Å². The van der Waals surface area contributed by atoms with Gasteiger partial charge in [0.2, 0.25) is 5.91 Å². The second kappa shape index (κ2) is 9.22. The molecule has 1 unspecified atom stereocenters. The summed E-state index contributed by atoms with van der Waals surface area (Å²) in [5.41, 5.74) is 1.18. The molecule has 0 bridgehead atoms. The molecule has 2 N–H and O–H groups in total. The van der Waals surface area contributed by atoms with Crippen LogP contribution in [0.5, 0.6) is 0 Å². The second-order valence-electron chi connectivity index (χ2n) is 7.26. The van der Waals surface area contributed by atoms with Gasteiger partial charge in [0.1, 0.15) is 0 Å². The molecule has 138 valence electrons. The van der Waals surface area contributed by atoms with Gasteiger partial charge in [-0.15, -0.1) is 0 Å². The minimum absolute atomic E-state index is 0.217. The maximum atomic E-state index is 12.1. The van der Waals surface area contributed by atoms with Crippen molar-refractivity contribution in [3.05, 3.63) is 33.8 Å². The van der Waals surface area contributed by atoms with Crippen LogP contribution in [0.2, 0.25) is 10.0 Å². The maximum absolute atomic E-state index is 12.1. The summed E-state index contributed by atoms with van der Waals surface area (Å²) in [4.78, 5) is 14.5. The third kappa shape index (κ3) is 5.85. The highest BCUT2D eigenvalue weighted by Crippen LogP contribution is 2.24. The van der Waals surface area contributed by atoms with Crippen molar-refractivity contribution in [3.8, 4) is 0 Å². The van der Waals surface area contributed by atoms with Crippen LogP contribution in [0.1, 0.15) is 37.7 Å². The van der Waals surface area contributed by atoms with Gasteiger partial charge in [-0.1, -0.05) is 29.3 Å². The van der Waals surface area contributed by atoms with Crippen LogP contribution in [0.3, 0.4) is 0 Å². The van der Waals surface area contributed by atoms with Crippen LogP contribution >= 0.6 is 23.2 Å². The normalized spacial score (nSPS) is 22.2. The van der Waals surface area contributed by atoms with E-state index in [0.29, 0.717) is 28.4 Å². The number of nitrogens with zero attached hydrogens (tertiary/aromatic N) is 1. The minimum Gasteiger partial charge on any atom is -0.353 e. The summed E-state index contributed by atoms with van der Waals surface area (Å²) in [5, 5.41) is 7.78. The molecule has 0 spiro atoms. The number of halogens is 2. The van der Waals surface area contributed by atoms with E-state index >= 15 is 0 Å². The molecular weight excluding hydrogens is 357 g/mol. The van der Waals surface area contributed by atoms with Gasteiger partial charge in [0.05, 0.1) is 10.0 Å². The first-order valence-corrected chi connectivity index (χ1v) is 10.0. The minimum atomic E-state index is 0.217. The van der Waals surface area contributed by atoms with E-state index in [9.17, 15) is 4.79 Å². The molecule has 3 rings (SSSR count). The van der Waals surface area contributed by atoms with Crippen LogP contribution < -0.4 is 10.6 Å². The van der Waals surface area contributed by atoms with E-state index < -0.39 is 0 Å². The van der Waals surface area contributed by atoms with E-state index in [2.05, 4.69) is 15.5 Å². The van der Waals surface area contributed by atoms with Crippen molar-refractivity contribution >= 4 is 29.1 Å². The van der Waals surface area contributed by atoms with Crippen molar-refractivity contribution in [1.82, 2.24) is 15.5 Å². The Bertz CT molecular complexity index is 582. The zero-order valence-electron chi connectivity index (χ0n) is 14.6. The van der Waals surface area contributed by atoms with E-state index in [-0.39, 0.29) is 5.91 Å². The van der Waals surface area contributed by atoms with E-state index in [1.807, 2.05) is 18.2 Å². The first-order chi connectivity index (χ1) is 12.1. The molecule has 1 aromatic carbocycles. The Morgan fingerprint density at radius 2 is 2.00 bits per heavy atom. The van der Waals surface area contributed by atoms with Gasteiger partial charge in [0.15, 0.2) is 0 Å². The molecule has 25 heavy (non-hydrogen) atoms. The van der Waals surface area contributed by atoms with Crippen LogP contribution in [0.4, 0.5) is 0 Å². The van der Waals surface area contributed by atoms with Gasteiger partial charge in [-0.3, -0.25) is 9.69 Å². The summed E-state index contributed by atoms with van der Waals surface area (Å²) < 4.78 is 0. The van der Waals surface area contributed by atoms with Crippen molar-refractivity contribution < 1.29 is 4.79 Å². The highest BCUT2D eigenvalue weighted by Gasteiger charge is 2.22. The predicted molar refractivity (Wildman–Crippen MR) is 103 cm³/mol. The molecule has 2 saturated heterocycles. The van der Waals surface area contributed by atoms with E-state index in [1.54, 1.807) is 0 Å². The number of rotatable bonds is 6. The number of carbonyl (C=O) groups excluding carboxylic acids is 1. The van der Waals surface area contributed by atoms with E-state index in [4.69, 9.17) is 23.2 Å². The Morgan fingerprint density at radius 3 is 2.68 bits per heavy atom. The van der Waals surface area contributed by atoms with Crippen LogP contribution in [-0.4, -0.2) is 43.0 Å². The Balaban J connectivity index is 1.36. The Kier molecular flexibility index (Phi) is 7.00. The molecule has 2 heterocycles. The van der Waals surface area contributed by atoms with Gasteiger partial charge >= 0.3 is 0 Å². The lowest BCUT2D eigenvalue weighted by molar-refractivity contribution is -0.122. The second-order valence-corrected chi connectivity index (χ2v) is 8.08. The number of hydrogen-bond acceptors (Lipinski definition) is 3. The number of piperidine rings is 1. The Morgan fingerprint density at radius 1 is 1.20 bits per heavy atom. The van der Waals surface area contributed by atoms with Crippen molar-refractivity contribution in [2.75, 3.05) is 26.2 Å². The molecule has 4 nitrogen and oxygen atoms in total. The van der Waals surface area contributed by atoms with Crippen molar-refractivity contribution in [2.45, 2.75) is 44.7 Å². The standard InChI is InChI=1S/C19H27Cl2N3O/c20-17-3-1-15(11-18(17)21)13-24-9-6-16(7-10-24)23-19(25)4-2-14-5-8-22-12-14/h1,3,11,14,16,22H,2,4-10,12-13H2,(H,23,25). The summed E-state index contributed by atoms with van der Waals surface area (Å²) in [7, 11) is 0. The molecule has 2 aliphatic rings. The Labute approximate surface area is 160 Å². The summed E-state index contributed by atoms with van der Waals surface area (Å²) in [5.74, 6) is 0.897. The molecule has 2 aliphatic heterocycles. The number of likely N-dealkylation sites (tertiary alicyclic amines) is 1. The summed E-state index contributed by atoms with van der Waals surface area (Å²) in [6.07, 6.45) is 4.90. The lowest BCUT2D eigenvalue weighted by Gasteiger charge is -2.32. The monoisotopic (exact) mass is 383 g/mol. The number of hydrogen-bond donors (Lipinski definition) is 2. The fourth-order valence-electron chi connectivity index (χ4n) is 3.73. The molecule has 1 atom stereocenters. The van der Waals surface area contributed by atoms with E-state index in [0.717, 1.165) is 52.0 Å². The molecule has 1 amide bonds. The van der Waals surface area contributed by atoms with Crippen molar-refractivity contribution in [3.63, 3.8) is 0 Å². The molecule has 0 radical (unpaired) electrons. The SMILES string of the molecule is O=C(CCC1CCNC1)NC1CCN(Cc2ccc(Cl)c(Cl)c2)CC1. The molecule has 1 aromatic rings. The summed E-state index contributed by atoms with van der Waals surface area (Å²) >= 11 is 12.1. The first-order valence-electron chi connectivity index (χ1n) is 9.26. The fourth-order valence-corrected chi connectivity index (χ4v) is 4.05. The Hall–Kier alpha value is -0.810. The molecule has 6 heteroatoms. The third-order valence-corrected chi connectivity index (χ3v) is 6.02. The van der Waals surface area contributed by atoms with E-state index in [1.165, 1.54) is 12.0 Å². The first kappa shape index (κ1) is 19.0. The molecule has 2 fully saturated rings. The third-order valence-electron chi connectivity index (χ3n) is 5.28. The zero-order chi connectivity index (χ0) is 17.6. The average molecular weight is 384 g/mol. The molecule has 0 saturated carbocycles.